The molecule has 0 atom stereocenters. The number of benzene rings is 4. The summed E-state index contributed by atoms with van der Waals surface area (Å²) in [6, 6.07) is 35.0. The predicted molar refractivity (Wildman–Crippen MR) is 304 cm³/mol. The molecular formula is C66H96O3. The van der Waals surface area contributed by atoms with Gasteiger partial charge < -0.3 is 4.79 Å². The molecule has 0 saturated heterocycles. The van der Waals surface area contributed by atoms with E-state index >= 15 is 0 Å². The van der Waals surface area contributed by atoms with Gasteiger partial charge in [0.25, 0.3) is 0 Å². The Morgan fingerprint density at radius 2 is 0.420 bits per heavy atom. The van der Waals surface area contributed by atoms with Crippen molar-refractivity contribution < 1.29 is 14.4 Å². The maximum absolute atomic E-state index is 10.2. The Morgan fingerprint density at radius 1 is 0.304 bits per heavy atom. The van der Waals surface area contributed by atoms with Crippen LogP contribution in [0.4, 0.5) is 0 Å². The summed E-state index contributed by atoms with van der Waals surface area (Å²) in [5.74, 6) is 0.940. The third kappa shape index (κ3) is 24.8. The Morgan fingerprint density at radius 3 is 0.493 bits per heavy atom. The van der Waals surface area contributed by atoms with Crippen molar-refractivity contribution in [3.05, 3.63) is 186 Å². The minimum atomic E-state index is 0. The zero-order valence-corrected chi connectivity index (χ0v) is 45.9. The summed E-state index contributed by atoms with van der Waals surface area (Å²) in [6.45, 7) is 33.1. The molecule has 0 saturated carbocycles. The van der Waals surface area contributed by atoms with Crippen molar-refractivity contribution in [2.45, 2.75) is 208 Å². The van der Waals surface area contributed by atoms with Gasteiger partial charge in [-0.05, 0) is 158 Å². The molecule has 0 radical (unpaired) electrons. The van der Waals surface area contributed by atoms with Crippen LogP contribution in [-0.4, -0.2) is 17.3 Å². The molecule has 0 heterocycles. The Bertz CT molecular complexity index is 1870. The Labute approximate surface area is 424 Å². The van der Waals surface area contributed by atoms with Gasteiger partial charge in [0.15, 0.2) is 0 Å². The van der Waals surface area contributed by atoms with E-state index in [0.29, 0.717) is 43.7 Å². The third-order valence-corrected chi connectivity index (χ3v) is 13.1. The normalized spacial score (nSPS) is 13.5. The van der Waals surface area contributed by atoms with Crippen molar-refractivity contribution in [1.82, 2.24) is 0 Å². The fourth-order valence-electron chi connectivity index (χ4n) is 7.60. The van der Waals surface area contributed by atoms with Gasteiger partial charge in [-0.2, -0.15) is 0 Å². The van der Waals surface area contributed by atoms with Crippen molar-refractivity contribution in [3.63, 3.8) is 0 Å². The first kappa shape index (κ1) is 63.8. The zero-order chi connectivity index (χ0) is 51.2. The number of fused-ring (bicyclic) bond motifs is 4. The highest BCUT2D eigenvalue weighted by Gasteiger charge is 2.14. The highest BCUT2D eigenvalue weighted by molar-refractivity contribution is 5.77. The topological polar surface area (TPSA) is 51.2 Å². The van der Waals surface area contributed by atoms with Gasteiger partial charge in [0.05, 0.1) is 0 Å². The van der Waals surface area contributed by atoms with Crippen molar-refractivity contribution in [2.24, 2.45) is 0 Å². The molecule has 0 aliphatic heterocycles. The number of hydrogen-bond acceptors (Lipinski definition) is 3. The van der Waals surface area contributed by atoms with Gasteiger partial charge >= 0.3 is 0 Å². The number of allylic oxidation sites excluding steroid dienone is 8. The first-order chi connectivity index (χ1) is 32.4. The molecule has 4 aliphatic carbocycles. The van der Waals surface area contributed by atoms with Crippen LogP contribution in [0.3, 0.4) is 0 Å². The molecule has 3 heteroatoms. The average molecular weight is 937 g/mol. The minimum Gasteiger partial charge on any atom is -0.300 e. The van der Waals surface area contributed by atoms with E-state index in [2.05, 4.69) is 166 Å². The van der Waals surface area contributed by atoms with Crippen LogP contribution >= 0.6 is 0 Å². The monoisotopic (exact) mass is 937 g/mol. The first-order valence-corrected chi connectivity index (χ1v) is 25.8. The van der Waals surface area contributed by atoms with Gasteiger partial charge in [-0.3, -0.25) is 9.59 Å². The average Bonchev–Trinajstić information content (AvgIpc) is 3.34. The van der Waals surface area contributed by atoms with Crippen LogP contribution in [0, 0.1) is 0 Å². The van der Waals surface area contributed by atoms with Crippen LogP contribution in [0.5, 0.6) is 0 Å². The van der Waals surface area contributed by atoms with E-state index in [-0.39, 0.29) is 13.2 Å². The molecular weight excluding hydrogens is 841 g/mol. The van der Waals surface area contributed by atoms with Gasteiger partial charge in [-0.15, -0.1) is 0 Å². The first-order valence-electron chi connectivity index (χ1n) is 25.8. The molecule has 4 aliphatic rings. The summed E-state index contributed by atoms with van der Waals surface area (Å²) in [5.41, 5.74) is 24.5. The van der Waals surface area contributed by atoms with E-state index in [4.69, 9.17) is 0 Å². The maximum Gasteiger partial charge on any atom is 0.132 e. The van der Waals surface area contributed by atoms with Crippen LogP contribution in [0.15, 0.2) is 142 Å². The van der Waals surface area contributed by atoms with E-state index in [1.165, 1.54) is 50.9 Å². The molecule has 0 unspecified atom stereocenters. The lowest BCUT2D eigenvalue weighted by Gasteiger charge is -2.18. The molecule has 0 bridgehead atoms. The summed E-state index contributed by atoms with van der Waals surface area (Å²) >= 11 is 0. The van der Waals surface area contributed by atoms with Gasteiger partial charge in [0.2, 0.25) is 0 Å². The number of carbonyl (C=O) groups is 3. The standard InChI is InChI=1S/4C12H14.2C5H10O.C4H8O.C3H8.CH4/c4*1-9-7-11-5-3-4-6-12(11)8-10(9)2;2*1-3-5(6)4-2;1-3-4(2)5;1-3-2;/h4*3-6H,7-8H2,1-2H3;2*3-4H2,1-2H3;3H2,1-2H3;3H2,1-2H3;1H4. The number of Topliss-reactive ketones (excluding diaryl/α,β-unsaturated/α-hetero) is 3. The summed E-state index contributed by atoms with van der Waals surface area (Å²) in [4.78, 5) is 30.2. The summed E-state index contributed by atoms with van der Waals surface area (Å²) < 4.78 is 0. The van der Waals surface area contributed by atoms with Crippen LogP contribution < -0.4 is 0 Å². The van der Waals surface area contributed by atoms with E-state index < -0.39 is 0 Å². The molecule has 3 nitrogen and oxygen atoms in total. The van der Waals surface area contributed by atoms with Crippen LogP contribution in [0.1, 0.15) is 201 Å². The predicted octanol–water partition coefficient (Wildman–Crippen LogP) is 18.3. The largest absolute Gasteiger partial charge is 0.300 e. The van der Waals surface area contributed by atoms with Crippen molar-refractivity contribution in [2.75, 3.05) is 0 Å². The van der Waals surface area contributed by atoms with E-state index in [1.807, 2.05) is 34.6 Å². The minimum absolute atomic E-state index is 0. The van der Waals surface area contributed by atoms with Crippen LogP contribution in [0.25, 0.3) is 0 Å². The molecule has 0 fully saturated rings. The smallest absolute Gasteiger partial charge is 0.132 e. The van der Waals surface area contributed by atoms with Crippen molar-refractivity contribution >= 4 is 17.3 Å². The zero-order valence-electron chi connectivity index (χ0n) is 45.9. The quantitative estimate of drug-likeness (QED) is 0.187. The molecule has 378 valence electrons. The lowest BCUT2D eigenvalue weighted by Crippen LogP contribution is -2.04. The van der Waals surface area contributed by atoms with Gasteiger partial charge in [-0.25, -0.2) is 0 Å². The van der Waals surface area contributed by atoms with Gasteiger partial charge in [-0.1, -0.05) is 204 Å². The summed E-state index contributed by atoms with van der Waals surface area (Å²) in [5, 5.41) is 0. The molecule has 8 rings (SSSR count). The van der Waals surface area contributed by atoms with Crippen LogP contribution in [0.2, 0.25) is 0 Å². The van der Waals surface area contributed by atoms with E-state index in [9.17, 15) is 14.4 Å². The highest BCUT2D eigenvalue weighted by Crippen LogP contribution is 2.28. The molecule has 0 N–H and O–H groups in total. The fraction of sp³-hybridized carbons (Fsp3) is 0.470. The van der Waals surface area contributed by atoms with E-state index in [0.717, 1.165) is 51.4 Å². The number of rotatable bonds is 5. The Balaban J connectivity index is 0.000000791. The molecule has 4 aromatic rings. The SMILES string of the molecule is C.CC1=C(C)Cc2ccccc2C1.CC1=C(C)Cc2ccccc2C1.CC1=C(C)Cc2ccccc2C1.CC1=C(C)Cc2ccccc2C1.CCC.CCC(=O)CC.CCC(=O)CC.CCC(C)=O. The Kier molecular flexibility index (Phi) is 33.2. The lowest BCUT2D eigenvalue weighted by molar-refractivity contribution is -0.119. The van der Waals surface area contributed by atoms with Gasteiger partial charge in [0, 0.05) is 32.1 Å². The molecule has 0 spiro atoms. The Hall–Kier alpha value is -5.15. The second-order valence-corrected chi connectivity index (χ2v) is 19.0. The second-order valence-electron chi connectivity index (χ2n) is 19.0. The van der Waals surface area contributed by atoms with Crippen molar-refractivity contribution in [3.8, 4) is 0 Å². The third-order valence-electron chi connectivity index (χ3n) is 13.1. The summed E-state index contributed by atoms with van der Waals surface area (Å²) in [6.07, 6.45) is 13.9. The lowest BCUT2D eigenvalue weighted by atomic mass is 9.88. The second kappa shape index (κ2) is 35.9. The summed E-state index contributed by atoms with van der Waals surface area (Å²) in [7, 11) is 0. The molecule has 0 aromatic heterocycles. The molecule has 69 heavy (non-hydrogen) atoms. The fourth-order valence-corrected chi connectivity index (χ4v) is 7.60. The van der Waals surface area contributed by atoms with Crippen LogP contribution in [-0.2, 0) is 65.8 Å². The van der Waals surface area contributed by atoms with Gasteiger partial charge in [0.1, 0.15) is 17.3 Å². The van der Waals surface area contributed by atoms with Crippen molar-refractivity contribution in [1.29, 1.82) is 0 Å². The number of hydrogen-bond donors (Lipinski definition) is 0. The molecule has 0 amide bonds. The molecule has 4 aromatic carbocycles. The van der Waals surface area contributed by atoms with E-state index in [1.54, 1.807) is 51.5 Å². The maximum atomic E-state index is 10.2. The highest BCUT2D eigenvalue weighted by atomic mass is 16.1. The number of ketones is 3. The number of carbonyl (C=O) groups excluding carboxylic acids is 3.